The zero-order valence-electron chi connectivity index (χ0n) is 26.2. The lowest BCUT2D eigenvalue weighted by molar-refractivity contribution is -0.0434. The monoisotopic (exact) mass is 650 g/mol. The number of aromatic nitrogens is 2. The summed E-state index contributed by atoms with van der Waals surface area (Å²) in [6.07, 6.45) is 1.44. The number of aromatic amines is 1. The molecule has 0 bridgehead atoms. The van der Waals surface area contributed by atoms with Gasteiger partial charge in [-0.05, 0) is 41.3 Å². The van der Waals surface area contributed by atoms with E-state index in [0.29, 0.717) is 49.7 Å². The normalized spacial score (nSPS) is 18.1. The molecule has 0 spiro atoms. The van der Waals surface area contributed by atoms with E-state index in [1.807, 2.05) is 109 Å². The summed E-state index contributed by atoms with van der Waals surface area (Å²) in [4.78, 5) is 26.8. The minimum Gasteiger partial charge on any atom is -0.489 e. The van der Waals surface area contributed by atoms with Gasteiger partial charge in [0.1, 0.15) is 30.9 Å². The van der Waals surface area contributed by atoms with Crippen LogP contribution in [-0.4, -0.2) is 20.9 Å². The second kappa shape index (κ2) is 15.3. The Bertz CT molecular complexity index is 1800. The van der Waals surface area contributed by atoms with E-state index < -0.39 is 17.5 Å². The number of aryl methyl sites for hydroxylation is 1. The largest absolute Gasteiger partial charge is 0.489 e. The Kier molecular flexibility index (Phi) is 10.6. The van der Waals surface area contributed by atoms with Crippen LogP contribution in [0.2, 0.25) is 0 Å². The highest BCUT2D eigenvalue weighted by Crippen LogP contribution is 2.37. The summed E-state index contributed by atoms with van der Waals surface area (Å²) < 4.78 is 26.8. The molecule has 0 aliphatic carbocycles. The molecule has 8 nitrogen and oxygen atoms in total. The van der Waals surface area contributed by atoms with Crippen LogP contribution in [0.5, 0.6) is 11.5 Å². The van der Waals surface area contributed by atoms with Crippen molar-refractivity contribution in [3.8, 4) is 11.5 Å². The Labute approximate surface area is 279 Å². The maximum Gasteiger partial charge on any atom is 0.330 e. The van der Waals surface area contributed by atoms with Crippen LogP contribution in [0.4, 0.5) is 0 Å². The van der Waals surface area contributed by atoms with Crippen LogP contribution in [0.3, 0.4) is 0 Å². The van der Waals surface area contributed by atoms with Crippen molar-refractivity contribution in [1.29, 1.82) is 0 Å². The van der Waals surface area contributed by atoms with Gasteiger partial charge in [-0.3, -0.25) is 14.3 Å². The molecule has 1 fully saturated rings. The van der Waals surface area contributed by atoms with E-state index in [9.17, 15) is 9.59 Å². The van der Waals surface area contributed by atoms with Crippen LogP contribution in [-0.2, 0) is 29.3 Å². The van der Waals surface area contributed by atoms with Gasteiger partial charge in [-0.25, -0.2) is 4.79 Å². The van der Waals surface area contributed by atoms with Crippen molar-refractivity contribution in [2.24, 2.45) is 0 Å². The molecule has 4 aromatic carbocycles. The van der Waals surface area contributed by atoms with Gasteiger partial charge >= 0.3 is 5.69 Å². The zero-order chi connectivity index (χ0) is 32.6. The Morgan fingerprint density at radius 3 is 1.98 bits per heavy atom. The number of nitrogens with zero attached hydrogens (tertiary/aromatic N) is 1. The van der Waals surface area contributed by atoms with E-state index in [0.717, 1.165) is 22.3 Å². The van der Waals surface area contributed by atoms with Crippen LogP contribution in [0.1, 0.15) is 53.0 Å². The van der Waals surface area contributed by atoms with E-state index in [1.165, 1.54) is 4.57 Å². The van der Waals surface area contributed by atoms with Gasteiger partial charge in [0.15, 0.2) is 0 Å². The molecule has 2 heterocycles. The predicted molar refractivity (Wildman–Crippen MR) is 184 cm³/mol. The van der Waals surface area contributed by atoms with Gasteiger partial charge in [-0.15, -0.1) is 0 Å². The summed E-state index contributed by atoms with van der Waals surface area (Å²) in [6.45, 7) is 2.82. The number of benzene rings is 4. The van der Waals surface area contributed by atoms with Crippen LogP contribution in [0.25, 0.3) is 0 Å². The summed E-state index contributed by atoms with van der Waals surface area (Å²) in [7, 11) is 0. The van der Waals surface area contributed by atoms with Crippen LogP contribution >= 0.6 is 12.6 Å². The molecule has 47 heavy (non-hydrogen) atoms. The first-order valence-corrected chi connectivity index (χ1v) is 16.2. The van der Waals surface area contributed by atoms with Gasteiger partial charge in [-0.1, -0.05) is 91.0 Å². The van der Waals surface area contributed by atoms with E-state index in [2.05, 4.69) is 4.98 Å². The highest BCUT2D eigenvalue weighted by Gasteiger charge is 2.36. The lowest BCUT2D eigenvalue weighted by atomic mass is 10.0. The number of nitrogens with one attached hydrogen (secondary N) is 1. The molecule has 5 aromatic rings. The Morgan fingerprint density at radius 1 is 0.809 bits per heavy atom. The predicted octanol–water partition coefficient (Wildman–Crippen LogP) is 6.94. The van der Waals surface area contributed by atoms with Crippen molar-refractivity contribution in [1.82, 2.24) is 9.55 Å². The molecule has 1 unspecified atom stereocenters. The maximum atomic E-state index is 12.6. The van der Waals surface area contributed by atoms with Crippen LogP contribution < -0.4 is 20.7 Å². The average molecular weight is 651 g/mol. The molecule has 9 heteroatoms. The van der Waals surface area contributed by atoms with Crippen LogP contribution in [0.15, 0.2) is 125 Å². The first kappa shape index (κ1) is 32.4. The molecule has 1 saturated heterocycles. The third-order valence-corrected chi connectivity index (χ3v) is 8.71. The summed E-state index contributed by atoms with van der Waals surface area (Å²) in [5.41, 5.74) is 3.60. The fourth-order valence-electron chi connectivity index (χ4n) is 5.64. The molecule has 242 valence electrons. The SMILES string of the molecule is Cc1cn([C@H]2C[C@H](S)[C@@H](CC(OCc3cc(OCc4ccccc4)cc(OCc4ccccc4)c3)c3ccccc3)O2)c(=O)[nH]c1=O. The molecule has 1 aromatic heterocycles. The number of rotatable bonds is 13. The smallest absolute Gasteiger partial charge is 0.330 e. The topological polar surface area (TPSA) is 91.8 Å². The first-order chi connectivity index (χ1) is 22.9. The summed E-state index contributed by atoms with van der Waals surface area (Å²) >= 11 is 4.84. The molecule has 0 amide bonds. The number of hydrogen-bond acceptors (Lipinski definition) is 7. The van der Waals surface area contributed by atoms with Crippen molar-refractivity contribution >= 4 is 12.6 Å². The summed E-state index contributed by atoms with van der Waals surface area (Å²) in [5, 5.41) is -0.137. The number of hydrogen-bond donors (Lipinski definition) is 2. The summed E-state index contributed by atoms with van der Waals surface area (Å²) in [6, 6.07) is 35.9. The lowest BCUT2D eigenvalue weighted by Crippen LogP contribution is -2.33. The van der Waals surface area contributed by atoms with Gasteiger partial charge in [0.05, 0.1) is 18.8 Å². The second-order valence-corrected chi connectivity index (χ2v) is 12.4. The quantitative estimate of drug-likeness (QED) is 0.134. The highest BCUT2D eigenvalue weighted by atomic mass is 32.1. The van der Waals surface area contributed by atoms with E-state index >= 15 is 0 Å². The second-order valence-electron chi connectivity index (χ2n) is 11.7. The number of H-pyrrole nitrogens is 1. The van der Waals surface area contributed by atoms with Gasteiger partial charge in [-0.2, -0.15) is 12.6 Å². The Hall–Kier alpha value is -4.57. The molecule has 0 radical (unpaired) electrons. The van der Waals surface area contributed by atoms with Gasteiger partial charge < -0.3 is 18.9 Å². The Morgan fingerprint density at radius 2 is 1.38 bits per heavy atom. The highest BCUT2D eigenvalue weighted by molar-refractivity contribution is 7.81. The summed E-state index contributed by atoms with van der Waals surface area (Å²) in [5.74, 6) is 1.38. The minimum absolute atomic E-state index is 0.137. The molecule has 1 aliphatic rings. The molecule has 4 atom stereocenters. The Balaban J connectivity index is 1.19. The average Bonchev–Trinajstić information content (AvgIpc) is 3.46. The van der Waals surface area contributed by atoms with Gasteiger partial charge in [0.25, 0.3) is 5.56 Å². The molecule has 0 saturated carbocycles. The standard InChI is InChI=1S/C38H38N2O6S/c1-26-22-40(38(42)39-37(26)41)36-21-35(47)34(46-36)20-33(30-15-9-4-10-16-30)45-25-29-17-31(43-23-27-11-5-2-6-12-27)19-32(18-29)44-24-28-13-7-3-8-14-28/h2-19,22,33-36,47H,20-21,23-25H2,1H3,(H,39,41,42)/t33?,34-,35+,36-/m1/s1. The van der Waals surface area contributed by atoms with Crippen molar-refractivity contribution in [3.05, 3.63) is 164 Å². The molecule has 1 aliphatic heterocycles. The van der Waals surface area contributed by atoms with E-state index in [-0.39, 0.29) is 17.5 Å². The van der Waals surface area contributed by atoms with Gasteiger partial charge in [0.2, 0.25) is 0 Å². The third-order valence-electron chi connectivity index (χ3n) is 8.17. The molecule has 6 rings (SSSR count). The minimum atomic E-state index is -0.537. The first-order valence-electron chi connectivity index (χ1n) is 15.7. The fourth-order valence-corrected chi connectivity index (χ4v) is 6.01. The van der Waals surface area contributed by atoms with Crippen molar-refractivity contribution in [2.45, 2.75) is 63.3 Å². The fraction of sp³-hybridized carbons (Fsp3) is 0.263. The number of ether oxygens (including phenoxy) is 4. The van der Waals surface area contributed by atoms with Gasteiger partial charge in [0, 0.05) is 35.9 Å². The molecular formula is C38H38N2O6S. The van der Waals surface area contributed by atoms with E-state index in [1.54, 1.807) is 13.1 Å². The lowest BCUT2D eigenvalue weighted by Gasteiger charge is -2.24. The third kappa shape index (κ3) is 8.62. The maximum absolute atomic E-state index is 12.6. The van der Waals surface area contributed by atoms with Crippen molar-refractivity contribution < 1.29 is 18.9 Å². The van der Waals surface area contributed by atoms with Crippen LogP contribution in [0, 0.1) is 6.92 Å². The molecular weight excluding hydrogens is 612 g/mol. The van der Waals surface area contributed by atoms with Crippen molar-refractivity contribution in [2.75, 3.05) is 0 Å². The zero-order valence-corrected chi connectivity index (χ0v) is 27.1. The molecule has 1 N–H and O–H groups in total. The van der Waals surface area contributed by atoms with E-state index in [4.69, 9.17) is 31.6 Å². The number of thiol groups is 1. The van der Waals surface area contributed by atoms with Crippen molar-refractivity contribution in [3.63, 3.8) is 0 Å².